The van der Waals surface area contributed by atoms with Crippen molar-refractivity contribution in [1.82, 2.24) is 14.9 Å². The third kappa shape index (κ3) is 0.594. The summed E-state index contributed by atoms with van der Waals surface area (Å²) in [4.78, 5) is 9.50. The fourth-order valence-corrected chi connectivity index (χ4v) is 0.237. The summed E-state index contributed by atoms with van der Waals surface area (Å²) in [7, 11) is 0. The SMILES string of the molecule is O=Nn1cnnc1. The van der Waals surface area contributed by atoms with Crippen LogP contribution in [0.3, 0.4) is 0 Å². The standard InChI is InChI=1S/C2H2N4O/c7-5-6-1-3-4-2-6/h1-2H. The van der Waals surface area contributed by atoms with Crippen LogP contribution in [-0.4, -0.2) is 14.9 Å². The molecule has 1 aromatic rings. The Labute approximate surface area is 38.9 Å². The first-order valence-corrected chi connectivity index (χ1v) is 1.62. The highest BCUT2D eigenvalue weighted by molar-refractivity contribution is 4.55. The van der Waals surface area contributed by atoms with E-state index < -0.39 is 0 Å². The molecule has 0 aliphatic heterocycles. The summed E-state index contributed by atoms with van der Waals surface area (Å²) in [6.45, 7) is 0. The van der Waals surface area contributed by atoms with E-state index in [2.05, 4.69) is 15.5 Å². The van der Waals surface area contributed by atoms with Crippen molar-refractivity contribution in [2.45, 2.75) is 0 Å². The minimum atomic E-state index is 0.972. The monoisotopic (exact) mass is 98.0 g/mol. The Bertz CT molecular complexity index is 145. The molecule has 36 valence electrons. The van der Waals surface area contributed by atoms with E-state index in [1.807, 2.05) is 0 Å². The number of hydrogen-bond acceptors (Lipinski definition) is 4. The number of hydrogen-bond donors (Lipinski definition) is 0. The zero-order valence-electron chi connectivity index (χ0n) is 3.35. The van der Waals surface area contributed by atoms with E-state index in [0.717, 1.165) is 4.68 Å². The second-order valence-electron chi connectivity index (χ2n) is 0.924. The highest BCUT2D eigenvalue weighted by Gasteiger charge is 1.79. The molecule has 7 heavy (non-hydrogen) atoms. The maximum atomic E-state index is 9.50. The fourth-order valence-electron chi connectivity index (χ4n) is 0.237. The van der Waals surface area contributed by atoms with Crippen molar-refractivity contribution in [3.8, 4) is 0 Å². The molecule has 0 bridgehead atoms. The van der Waals surface area contributed by atoms with Gasteiger partial charge in [-0.05, 0) is 0 Å². The molecule has 0 fully saturated rings. The Hall–Kier alpha value is -1.26. The molecule has 0 aliphatic carbocycles. The molecule has 0 unspecified atom stereocenters. The first-order valence-electron chi connectivity index (χ1n) is 1.62. The Morgan fingerprint density at radius 2 is 2.00 bits per heavy atom. The minimum Gasteiger partial charge on any atom is -0.171 e. The molecule has 0 amide bonds. The summed E-state index contributed by atoms with van der Waals surface area (Å²) in [5.41, 5.74) is 0. The lowest BCUT2D eigenvalue weighted by Gasteiger charge is -1.71. The van der Waals surface area contributed by atoms with Crippen LogP contribution in [0, 0.1) is 4.91 Å². The van der Waals surface area contributed by atoms with Crippen LogP contribution in [-0.2, 0) is 0 Å². The van der Waals surface area contributed by atoms with Gasteiger partial charge in [-0.1, -0.05) is 0 Å². The van der Waals surface area contributed by atoms with E-state index in [1.165, 1.54) is 12.7 Å². The van der Waals surface area contributed by atoms with Gasteiger partial charge in [0, 0.05) is 0 Å². The van der Waals surface area contributed by atoms with Gasteiger partial charge < -0.3 is 0 Å². The van der Waals surface area contributed by atoms with Crippen LogP contribution < -0.4 is 0 Å². The lowest BCUT2D eigenvalue weighted by molar-refractivity contribution is 0.861. The normalized spacial score (nSPS) is 8.57. The Balaban J connectivity index is 2.96. The summed E-state index contributed by atoms with van der Waals surface area (Å²) >= 11 is 0. The molecule has 0 N–H and O–H groups in total. The van der Waals surface area contributed by atoms with Crippen LogP contribution in [0.4, 0.5) is 0 Å². The van der Waals surface area contributed by atoms with Crippen LogP contribution in [0.1, 0.15) is 0 Å². The van der Waals surface area contributed by atoms with Crippen molar-refractivity contribution in [2.24, 2.45) is 5.29 Å². The molecule has 0 atom stereocenters. The average molecular weight is 98.1 g/mol. The van der Waals surface area contributed by atoms with Crippen molar-refractivity contribution in [3.05, 3.63) is 17.6 Å². The van der Waals surface area contributed by atoms with Crippen molar-refractivity contribution in [2.75, 3.05) is 0 Å². The predicted molar refractivity (Wildman–Crippen MR) is 21.2 cm³/mol. The highest BCUT2D eigenvalue weighted by atomic mass is 16.3. The maximum absolute atomic E-state index is 9.50. The zero-order valence-corrected chi connectivity index (χ0v) is 3.35. The zero-order chi connectivity index (χ0) is 5.11. The van der Waals surface area contributed by atoms with E-state index in [9.17, 15) is 4.91 Å². The van der Waals surface area contributed by atoms with Crippen molar-refractivity contribution in [3.63, 3.8) is 0 Å². The predicted octanol–water partition coefficient (Wildman–Crippen LogP) is -0.192. The van der Waals surface area contributed by atoms with E-state index in [0.29, 0.717) is 0 Å². The van der Waals surface area contributed by atoms with Gasteiger partial charge in [-0.15, -0.1) is 15.1 Å². The number of nitroso groups, excluding NO2 is 1. The molecule has 0 aromatic carbocycles. The van der Waals surface area contributed by atoms with E-state index >= 15 is 0 Å². The van der Waals surface area contributed by atoms with Crippen LogP contribution in [0.2, 0.25) is 0 Å². The third-order valence-electron chi connectivity index (χ3n) is 0.501. The Morgan fingerprint density at radius 3 is 2.29 bits per heavy atom. The molecular formula is C2H2N4O. The van der Waals surface area contributed by atoms with Gasteiger partial charge in [0.2, 0.25) is 0 Å². The Kier molecular flexibility index (Phi) is 0.816. The smallest absolute Gasteiger partial charge is 0.144 e. The molecule has 0 spiro atoms. The van der Waals surface area contributed by atoms with E-state index in [-0.39, 0.29) is 0 Å². The van der Waals surface area contributed by atoms with Crippen LogP contribution in [0.5, 0.6) is 0 Å². The summed E-state index contributed by atoms with van der Waals surface area (Å²) in [5.74, 6) is 0. The molecule has 0 saturated heterocycles. The maximum Gasteiger partial charge on any atom is 0.144 e. The average Bonchev–Trinajstić information content (AvgIpc) is 2.14. The molecular weight excluding hydrogens is 96.0 g/mol. The van der Waals surface area contributed by atoms with Gasteiger partial charge >= 0.3 is 0 Å². The lowest BCUT2D eigenvalue weighted by Crippen LogP contribution is -1.75. The second-order valence-corrected chi connectivity index (χ2v) is 0.924. The first kappa shape index (κ1) is 3.91. The summed E-state index contributed by atoms with van der Waals surface area (Å²) in [5, 5.41) is 9.10. The van der Waals surface area contributed by atoms with Crippen LogP contribution in [0.15, 0.2) is 17.9 Å². The molecule has 1 heterocycles. The topological polar surface area (TPSA) is 60.1 Å². The molecule has 0 aliphatic rings. The van der Waals surface area contributed by atoms with E-state index in [4.69, 9.17) is 0 Å². The van der Waals surface area contributed by atoms with E-state index in [1.54, 1.807) is 0 Å². The first-order chi connectivity index (χ1) is 3.43. The molecule has 1 rings (SSSR count). The minimum absolute atomic E-state index is 0.972. The van der Waals surface area contributed by atoms with Gasteiger partial charge in [-0.3, -0.25) is 0 Å². The molecule has 5 nitrogen and oxygen atoms in total. The Morgan fingerprint density at radius 1 is 1.43 bits per heavy atom. The third-order valence-corrected chi connectivity index (χ3v) is 0.501. The van der Waals surface area contributed by atoms with Gasteiger partial charge in [0.15, 0.2) is 0 Å². The number of rotatable bonds is 1. The second kappa shape index (κ2) is 1.46. The molecule has 5 heteroatoms. The van der Waals surface area contributed by atoms with Crippen molar-refractivity contribution in [1.29, 1.82) is 0 Å². The summed E-state index contributed by atoms with van der Waals surface area (Å²) in [6, 6.07) is 0. The van der Waals surface area contributed by atoms with Gasteiger partial charge in [-0.2, -0.15) is 4.68 Å². The van der Waals surface area contributed by atoms with Crippen LogP contribution >= 0.6 is 0 Å². The number of aromatic nitrogens is 3. The van der Waals surface area contributed by atoms with Gasteiger partial charge in [0.25, 0.3) is 0 Å². The van der Waals surface area contributed by atoms with Crippen molar-refractivity contribution < 1.29 is 0 Å². The number of nitrogens with zero attached hydrogens (tertiary/aromatic N) is 4. The van der Waals surface area contributed by atoms with Crippen LogP contribution in [0.25, 0.3) is 0 Å². The summed E-state index contributed by atoms with van der Waals surface area (Å²) < 4.78 is 0.972. The van der Waals surface area contributed by atoms with Gasteiger partial charge in [-0.25, -0.2) is 0 Å². The molecule has 1 aromatic heterocycles. The highest BCUT2D eigenvalue weighted by Crippen LogP contribution is 1.74. The molecule has 0 saturated carbocycles. The van der Waals surface area contributed by atoms with Gasteiger partial charge in [0.1, 0.15) is 12.7 Å². The van der Waals surface area contributed by atoms with Gasteiger partial charge in [0.05, 0.1) is 5.29 Å². The quantitative estimate of drug-likeness (QED) is 0.457. The fraction of sp³-hybridized carbons (Fsp3) is 0. The summed E-state index contributed by atoms with van der Waals surface area (Å²) in [6.07, 6.45) is 2.43. The lowest BCUT2D eigenvalue weighted by atomic mass is 11.3. The van der Waals surface area contributed by atoms with Crippen molar-refractivity contribution >= 4 is 0 Å². The molecule has 0 radical (unpaired) electrons. The largest absolute Gasteiger partial charge is 0.171 e.